The number of para-hydroxylation sites is 1. The van der Waals surface area contributed by atoms with Crippen LogP contribution >= 0.6 is 0 Å². The monoisotopic (exact) mass is 361 g/mol. The first kappa shape index (κ1) is 17.7. The largest absolute Gasteiger partial charge is 0.372 e. The summed E-state index contributed by atoms with van der Waals surface area (Å²) in [6.45, 7) is 4.56. The Morgan fingerprint density at radius 2 is 1.78 bits per heavy atom. The van der Waals surface area contributed by atoms with Crippen LogP contribution in [0.4, 0.5) is 11.4 Å². The zero-order valence-electron chi connectivity index (χ0n) is 16.1. The zero-order chi connectivity index (χ0) is 18.8. The molecule has 4 rings (SSSR count). The van der Waals surface area contributed by atoms with Gasteiger partial charge in [0.25, 0.3) is 0 Å². The van der Waals surface area contributed by atoms with E-state index >= 15 is 0 Å². The van der Waals surface area contributed by atoms with E-state index in [0.717, 1.165) is 41.2 Å². The molecule has 2 aromatic carbocycles. The lowest BCUT2D eigenvalue weighted by atomic mass is 9.99. The van der Waals surface area contributed by atoms with Gasteiger partial charge in [0.2, 0.25) is 5.91 Å². The van der Waals surface area contributed by atoms with Crippen molar-refractivity contribution in [2.75, 3.05) is 23.3 Å². The number of benzene rings is 2. The SMILES string of the molecule is CC1CCN(c2ccc(NC(=O)Cc3cn(C)c4ccccc34)cc2)CC1. The number of rotatable bonds is 4. The number of fused-ring (bicyclic) bond motifs is 1. The molecule has 0 aliphatic carbocycles. The molecule has 1 amide bonds. The van der Waals surface area contributed by atoms with Crippen molar-refractivity contribution in [3.05, 3.63) is 60.3 Å². The number of carbonyl (C=O) groups excluding carboxylic acids is 1. The van der Waals surface area contributed by atoms with E-state index in [0.29, 0.717) is 6.42 Å². The number of anilines is 2. The maximum atomic E-state index is 12.5. The first-order valence-corrected chi connectivity index (χ1v) is 9.78. The van der Waals surface area contributed by atoms with E-state index in [2.05, 4.69) is 46.0 Å². The molecule has 0 bridgehead atoms. The second kappa shape index (κ2) is 7.47. The molecule has 4 heteroatoms. The van der Waals surface area contributed by atoms with Crippen molar-refractivity contribution in [3.63, 3.8) is 0 Å². The molecular weight excluding hydrogens is 334 g/mol. The fourth-order valence-corrected chi connectivity index (χ4v) is 3.97. The summed E-state index contributed by atoms with van der Waals surface area (Å²) < 4.78 is 2.08. The summed E-state index contributed by atoms with van der Waals surface area (Å²) >= 11 is 0. The van der Waals surface area contributed by atoms with Gasteiger partial charge in [-0.15, -0.1) is 0 Å². The molecule has 4 nitrogen and oxygen atoms in total. The van der Waals surface area contributed by atoms with Crippen molar-refractivity contribution in [2.24, 2.45) is 13.0 Å². The van der Waals surface area contributed by atoms with Gasteiger partial charge in [-0.1, -0.05) is 25.1 Å². The van der Waals surface area contributed by atoms with E-state index in [1.807, 2.05) is 37.5 Å². The second-order valence-electron chi connectivity index (χ2n) is 7.72. The standard InChI is InChI=1S/C23H27N3O/c1-17-11-13-26(14-12-17)20-9-7-19(8-10-20)24-23(27)15-18-16-25(2)22-6-4-3-5-21(18)22/h3-10,16-17H,11-15H2,1-2H3,(H,24,27). The molecule has 27 heavy (non-hydrogen) atoms. The Labute approximate surface area is 160 Å². The van der Waals surface area contributed by atoms with Gasteiger partial charge >= 0.3 is 0 Å². The second-order valence-corrected chi connectivity index (χ2v) is 7.72. The van der Waals surface area contributed by atoms with Crippen LogP contribution in [-0.4, -0.2) is 23.6 Å². The van der Waals surface area contributed by atoms with Crippen LogP contribution in [0, 0.1) is 5.92 Å². The number of aromatic nitrogens is 1. The third kappa shape index (κ3) is 3.85. The number of amides is 1. The summed E-state index contributed by atoms with van der Waals surface area (Å²) in [5, 5.41) is 4.18. The van der Waals surface area contributed by atoms with Crippen molar-refractivity contribution in [1.82, 2.24) is 4.57 Å². The quantitative estimate of drug-likeness (QED) is 0.738. The van der Waals surface area contributed by atoms with E-state index in [9.17, 15) is 4.79 Å². The molecule has 1 aliphatic heterocycles. The van der Waals surface area contributed by atoms with Gasteiger partial charge in [0, 0.05) is 48.6 Å². The first-order valence-electron chi connectivity index (χ1n) is 9.78. The number of nitrogens with one attached hydrogen (secondary N) is 1. The Bertz CT molecular complexity index is 934. The molecule has 0 atom stereocenters. The third-order valence-corrected chi connectivity index (χ3v) is 5.63. The molecule has 0 spiro atoms. The molecule has 1 N–H and O–H groups in total. The highest BCUT2D eigenvalue weighted by Gasteiger charge is 2.16. The average Bonchev–Trinajstić information content (AvgIpc) is 2.99. The topological polar surface area (TPSA) is 37.3 Å². The van der Waals surface area contributed by atoms with Crippen molar-refractivity contribution in [3.8, 4) is 0 Å². The summed E-state index contributed by atoms with van der Waals surface area (Å²) in [6, 6.07) is 16.4. The summed E-state index contributed by atoms with van der Waals surface area (Å²) in [5.41, 5.74) is 4.31. The minimum atomic E-state index is 0.0194. The molecule has 1 aliphatic rings. The molecule has 140 valence electrons. The highest BCUT2D eigenvalue weighted by Crippen LogP contribution is 2.25. The fraction of sp³-hybridized carbons (Fsp3) is 0.348. The lowest BCUT2D eigenvalue weighted by Crippen LogP contribution is -2.32. The molecule has 3 aromatic rings. The van der Waals surface area contributed by atoms with Crippen LogP contribution in [0.1, 0.15) is 25.3 Å². The van der Waals surface area contributed by atoms with Crippen LogP contribution < -0.4 is 10.2 Å². The Hall–Kier alpha value is -2.75. The highest BCUT2D eigenvalue weighted by molar-refractivity contribution is 5.96. The minimum absolute atomic E-state index is 0.0194. The zero-order valence-corrected chi connectivity index (χ0v) is 16.1. The number of aryl methyl sites for hydroxylation is 1. The number of piperidine rings is 1. The molecule has 2 heterocycles. The van der Waals surface area contributed by atoms with Gasteiger partial charge in [-0.05, 0) is 54.7 Å². The fourth-order valence-electron chi connectivity index (χ4n) is 3.97. The van der Waals surface area contributed by atoms with E-state index in [1.165, 1.54) is 18.5 Å². The number of carbonyl (C=O) groups is 1. The minimum Gasteiger partial charge on any atom is -0.372 e. The van der Waals surface area contributed by atoms with Gasteiger partial charge in [-0.3, -0.25) is 4.79 Å². The van der Waals surface area contributed by atoms with Gasteiger partial charge < -0.3 is 14.8 Å². The summed E-state index contributed by atoms with van der Waals surface area (Å²) in [5.74, 6) is 0.847. The molecular formula is C23H27N3O. The van der Waals surface area contributed by atoms with Crippen molar-refractivity contribution in [2.45, 2.75) is 26.2 Å². The molecule has 0 radical (unpaired) electrons. The number of hydrogen-bond acceptors (Lipinski definition) is 2. The molecule has 0 saturated carbocycles. The molecule has 1 aromatic heterocycles. The summed E-state index contributed by atoms with van der Waals surface area (Å²) in [7, 11) is 2.02. The lowest BCUT2D eigenvalue weighted by Gasteiger charge is -2.32. The number of nitrogens with zero attached hydrogens (tertiary/aromatic N) is 2. The maximum absolute atomic E-state index is 12.5. The van der Waals surface area contributed by atoms with E-state index in [1.54, 1.807) is 0 Å². The Balaban J connectivity index is 1.40. The van der Waals surface area contributed by atoms with Crippen LogP contribution in [0.5, 0.6) is 0 Å². The van der Waals surface area contributed by atoms with Gasteiger partial charge in [-0.25, -0.2) is 0 Å². The predicted molar refractivity (Wildman–Crippen MR) is 112 cm³/mol. The van der Waals surface area contributed by atoms with Crippen LogP contribution in [0.3, 0.4) is 0 Å². The average molecular weight is 361 g/mol. The highest BCUT2D eigenvalue weighted by atomic mass is 16.1. The smallest absolute Gasteiger partial charge is 0.228 e. The van der Waals surface area contributed by atoms with Crippen LogP contribution in [0.25, 0.3) is 10.9 Å². The molecule has 1 fully saturated rings. The van der Waals surface area contributed by atoms with Gasteiger partial charge in [-0.2, -0.15) is 0 Å². The van der Waals surface area contributed by atoms with E-state index in [-0.39, 0.29) is 5.91 Å². The Kier molecular flexibility index (Phi) is 4.88. The van der Waals surface area contributed by atoms with Gasteiger partial charge in [0.05, 0.1) is 6.42 Å². The van der Waals surface area contributed by atoms with Crippen LogP contribution in [-0.2, 0) is 18.3 Å². The first-order chi connectivity index (χ1) is 13.1. The van der Waals surface area contributed by atoms with Crippen LogP contribution in [0.15, 0.2) is 54.7 Å². The predicted octanol–water partition coefficient (Wildman–Crippen LogP) is 4.60. The Morgan fingerprint density at radius 1 is 1.07 bits per heavy atom. The van der Waals surface area contributed by atoms with Gasteiger partial charge in [0.15, 0.2) is 0 Å². The summed E-state index contributed by atoms with van der Waals surface area (Å²) in [4.78, 5) is 15.0. The summed E-state index contributed by atoms with van der Waals surface area (Å²) in [6.07, 6.45) is 4.94. The maximum Gasteiger partial charge on any atom is 0.228 e. The van der Waals surface area contributed by atoms with E-state index in [4.69, 9.17) is 0 Å². The Morgan fingerprint density at radius 3 is 2.52 bits per heavy atom. The number of hydrogen-bond donors (Lipinski definition) is 1. The van der Waals surface area contributed by atoms with Crippen molar-refractivity contribution in [1.29, 1.82) is 0 Å². The lowest BCUT2D eigenvalue weighted by molar-refractivity contribution is -0.115. The molecule has 1 saturated heterocycles. The normalized spacial score (nSPS) is 15.3. The van der Waals surface area contributed by atoms with Gasteiger partial charge in [0.1, 0.15) is 0 Å². The van der Waals surface area contributed by atoms with E-state index < -0.39 is 0 Å². The van der Waals surface area contributed by atoms with Crippen LogP contribution in [0.2, 0.25) is 0 Å². The van der Waals surface area contributed by atoms with Crippen molar-refractivity contribution >= 4 is 28.2 Å². The third-order valence-electron chi connectivity index (χ3n) is 5.63. The van der Waals surface area contributed by atoms with Crippen molar-refractivity contribution < 1.29 is 4.79 Å². The molecule has 0 unspecified atom stereocenters.